The molecule has 1 atom stereocenters. The molecule has 7 nitrogen and oxygen atoms in total. The number of hydrogen-bond acceptors (Lipinski definition) is 4. The molecule has 0 saturated carbocycles. The number of hydrogen-bond donors (Lipinski definition) is 2. The van der Waals surface area contributed by atoms with Gasteiger partial charge in [-0.2, -0.15) is 0 Å². The van der Waals surface area contributed by atoms with Gasteiger partial charge in [-0.15, -0.1) is 0 Å². The van der Waals surface area contributed by atoms with E-state index in [0.29, 0.717) is 16.9 Å². The highest BCUT2D eigenvalue weighted by atomic mass is 16.6. The Bertz CT molecular complexity index is 723. The number of rotatable bonds is 1. The maximum atomic E-state index is 12.7. The third-order valence-electron chi connectivity index (χ3n) is 4.03. The van der Waals surface area contributed by atoms with Gasteiger partial charge in [-0.25, -0.2) is 4.79 Å². The number of nitrogens with one attached hydrogen (secondary N) is 2. The van der Waals surface area contributed by atoms with E-state index in [-0.39, 0.29) is 12.3 Å². The topological polar surface area (TPSA) is 87.7 Å². The number of anilines is 2. The van der Waals surface area contributed by atoms with E-state index >= 15 is 0 Å². The Hall–Kier alpha value is -2.57. The van der Waals surface area contributed by atoms with Gasteiger partial charge >= 0.3 is 6.09 Å². The Labute approximate surface area is 134 Å². The van der Waals surface area contributed by atoms with Crippen molar-refractivity contribution in [2.75, 3.05) is 17.7 Å². The van der Waals surface area contributed by atoms with Crippen molar-refractivity contribution in [1.82, 2.24) is 4.90 Å². The summed E-state index contributed by atoms with van der Waals surface area (Å²) < 4.78 is 5.38. The van der Waals surface area contributed by atoms with Crippen molar-refractivity contribution in [3.05, 3.63) is 23.8 Å². The minimum atomic E-state index is -1.38. The first-order valence-electron chi connectivity index (χ1n) is 7.37. The zero-order valence-electron chi connectivity index (χ0n) is 13.5. The Morgan fingerprint density at radius 3 is 2.43 bits per heavy atom. The lowest BCUT2D eigenvalue weighted by molar-refractivity contribution is -0.132. The molecule has 0 fully saturated rings. The smallest absolute Gasteiger partial charge is 0.411 e. The zero-order valence-corrected chi connectivity index (χ0v) is 13.5. The second-order valence-corrected chi connectivity index (χ2v) is 6.81. The molecule has 7 heteroatoms. The summed E-state index contributed by atoms with van der Waals surface area (Å²) in [5, 5.41) is 5.51. The van der Waals surface area contributed by atoms with E-state index in [1.165, 1.54) is 11.9 Å². The number of carbonyl (C=O) groups is 3. The number of likely N-dealkylation sites (N-methyl/N-ethyl adjacent to an activating group) is 1. The van der Waals surface area contributed by atoms with Crippen molar-refractivity contribution in [2.24, 2.45) is 0 Å². The molecule has 2 heterocycles. The van der Waals surface area contributed by atoms with Gasteiger partial charge in [0.25, 0.3) is 5.91 Å². The van der Waals surface area contributed by atoms with Crippen molar-refractivity contribution in [3.8, 4) is 0 Å². The molecule has 0 spiro atoms. The van der Waals surface area contributed by atoms with Crippen LogP contribution < -0.4 is 10.6 Å². The van der Waals surface area contributed by atoms with E-state index in [1.807, 2.05) is 0 Å². The summed E-state index contributed by atoms with van der Waals surface area (Å²) in [6.07, 6.45) is -0.788. The SMILES string of the molecule is CN(C(=O)OC(C)(C)C)C12CC(=O)Nc3cccc(c31)NC2=O. The average Bonchev–Trinajstić information content (AvgIpc) is 2.71. The van der Waals surface area contributed by atoms with E-state index in [2.05, 4.69) is 10.6 Å². The van der Waals surface area contributed by atoms with E-state index in [1.54, 1.807) is 39.0 Å². The lowest BCUT2D eigenvalue weighted by atomic mass is 9.82. The van der Waals surface area contributed by atoms with Gasteiger partial charge in [0.15, 0.2) is 5.54 Å². The van der Waals surface area contributed by atoms with Crippen LogP contribution in [-0.4, -0.2) is 35.5 Å². The Balaban J connectivity index is 2.10. The van der Waals surface area contributed by atoms with Gasteiger partial charge in [0, 0.05) is 24.0 Å². The molecule has 1 aromatic rings. The quantitative estimate of drug-likeness (QED) is 0.830. The summed E-state index contributed by atoms with van der Waals surface area (Å²) >= 11 is 0. The van der Waals surface area contributed by atoms with Gasteiger partial charge in [0.2, 0.25) is 5.91 Å². The lowest BCUT2D eigenvalue weighted by Gasteiger charge is -2.40. The van der Waals surface area contributed by atoms with Gasteiger partial charge in [0.05, 0.1) is 6.42 Å². The third kappa shape index (κ3) is 2.23. The molecule has 1 aromatic carbocycles. The van der Waals surface area contributed by atoms with E-state index < -0.39 is 23.1 Å². The molecule has 0 bridgehead atoms. The van der Waals surface area contributed by atoms with Crippen molar-refractivity contribution in [2.45, 2.75) is 38.3 Å². The van der Waals surface area contributed by atoms with Crippen LogP contribution in [-0.2, 0) is 19.9 Å². The Morgan fingerprint density at radius 2 is 1.83 bits per heavy atom. The molecule has 2 N–H and O–H groups in total. The maximum absolute atomic E-state index is 12.7. The molecule has 0 aliphatic carbocycles. The second kappa shape index (κ2) is 4.71. The van der Waals surface area contributed by atoms with Crippen molar-refractivity contribution < 1.29 is 19.1 Å². The Kier molecular flexibility index (Phi) is 3.14. The Morgan fingerprint density at radius 1 is 1.22 bits per heavy atom. The third-order valence-corrected chi connectivity index (χ3v) is 4.03. The van der Waals surface area contributed by atoms with Crippen molar-refractivity contribution in [1.29, 1.82) is 0 Å². The zero-order chi connectivity index (χ0) is 17.0. The summed E-state index contributed by atoms with van der Waals surface area (Å²) in [6, 6.07) is 5.20. The van der Waals surface area contributed by atoms with E-state index in [9.17, 15) is 14.4 Å². The minimum absolute atomic E-state index is 0.140. The van der Waals surface area contributed by atoms with Crippen LogP contribution >= 0.6 is 0 Å². The molecular weight excluding hydrogens is 298 g/mol. The number of ether oxygens (including phenoxy) is 1. The number of carbonyl (C=O) groups excluding carboxylic acids is 3. The molecule has 2 aliphatic rings. The highest BCUT2D eigenvalue weighted by Crippen LogP contribution is 2.49. The molecule has 0 aromatic heterocycles. The van der Waals surface area contributed by atoms with Crippen LogP contribution in [0.1, 0.15) is 32.8 Å². The number of benzene rings is 1. The summed E-state index contributed by atoms with van der Waals surface area (Å²) in [7, 11) is 1.48. The highest BCUT2D eigenvalue weighted by Gasteiger charge is 2.57. The summed E-state index contributed by atoms with van der Waals surface area (Å²) in [5.74, 6) is -0.717. The molecule has 0 radical (unpaired) electrons. The predicted octanol–water partition coefficient (Wildman–Crippen LogP) is 2.04. The molecular formula is C16H19N3O4. The first-order valence-corrected chi connectivity index (χ1v) is 7.37. The fourth-order valence-electron chi connectivity index (χ4n) is 3.07. The molecule has 1 unspecified atom stereocenters. The van der Waals surface area contributed by atoms with Crippen LogP contribution in [0.3, 0.4) is 0 Å². The molecule has 3 rings (SSSR count). The molecule has 122 valence electrons. The number of nitrogens with zero attached hydrogens (tertiary/aromatic N) is 1. The molecule has 2 aliphatic heterocycles. The highest BCUT2D eigenvalue weighted by molar-refractivity contribution is 6.15. The predicted molar refractivity (Wildman–Crippen MR) is 84.0 cm³/mol. The monoisotopic (exact) mass is 317 g/mol. The molecule has 3 amide bonds. The maximum Gasteiger partial charge on any atom is 0.411 e. The first kappa shape index (κ1) is 15.3. The van der Waals surface area contributed by atoms with Crippen LogP contribution in [0.25, 0.3) is 0 Å². The van der Waals surface area contributed by atoms with Gasteiger partial charge in [-0.05, 0) is 32.9 Å². The van der Waals surface area contributed by atoms with Gasteiger partial charge in [-0.3, -0.25) is 14.5 Å². The van der Waals surface area contributed by atoms with E-state index in [4.69, 9.17) is 4.74 Å². The van der Waals surface area contributed by atoms with E-state index in [0.717, 1.165) is 0 Å². The van der Waals surface area contributed by atoms with Gasteiger partial charge in [-0.1, -0.05) is 6.07 Å². The van der Waals surface area contributed by atoms with Crippen molar-refractivity contribution >= 4 is 29.3 Å². The summed E-state index contributed by atoms with van der Waals surface area (Å²) in [6.45, 7) is 5.24. The van der Waals surface area contributed by atoms with Gasteiger partial charge in [0.1, 0.15) is 5.60 Å². The van der Waals surface area contributed by atoms with Crippen LogP contribution in [0.2, 0.25) is 0 Å². The standard InChI is InChI=1S/C16H19N3O4/c1-15(2,3)23-14(22)19(4)16-8-11(20)17-9-6-5-7-10(12(9)16)18-13(16)21/h5-7H,8H2,1-4H3,(H,17,20)(H,18,21). The number of amides is 3. The first-order chi connectivity index (χ1) is 10.6. The minimum Gasteiger partial charge on any atom is -0.444 e. The summed E-state index contributed by atoms with van der Waals surface area (Å²) in [4.78, 5) is 38.5. The molecule has 0 saturated heterocycles. The largest absolute Gasteiger partial charge is 0.444 e. The average molecular weight is 317 g/mol. The van der Waals surface area contributed by atoms with Crippen LogP contribution in [0.15, 0.2) is 18.2 Å². The van der Waals surface area contributed by atoms with Crippen LogP contribution in [0.4, 0.5) is 16.2 Å². The van der Waals surface area contributed by atoms with Crippen molar-refractivity contribution in [3.63, 3.8) is 0 Å². The fraction of sp³-hybridized carbons (Fsp3) is 0.438. The molecule has 23 heavy (non-hydrogen) atoms. The summed E-state index contributed by atoms with van der Waals surface area (Å²) in [5.41, 5.74) is -0.333. The lowest BCUT2D eigenvalue weighted by Crippen LogP contribution is -2.56. The second-order valence-electron chi connectivity index (χ2n) is 6.81. The van der Waals surface area contributed by atoms with Gasteiger partial charge < -0.3 is 15.4 Å². The fourth-order valence-corrected chi connectivity index (χ4v) is 3.07. The van der Waals surface area contributed by atoms with Crippen LogP contribution in [0, 0.1) is 0 Å². The van der Waals surface area contributed by atoms with Crippen LogP contribution in [0.5, 0.6) is 0 Å². The normalized spacial score (nSPS) is 22.1.